The molecular formula is C20H21ClN4O3. The highest BCUT2D eigenvalue weighted by molar-refractivity contribution is 6.32. The minimum Gasteiger partial charge on any atom is -0.495 e. The number of aryl methyl sites for hydroxylation is 1. The van der Waals surface area contributed by atoms with Crippen LogP contribution >= 0.6 is 11.6 Å². The molecule has 7 nitrogen and oxygen atoms in total. The highest BCUT2D eigenvalue weighted by Crippen LogP contribution is 2.28. The number of hydrogen-bond acceptors (Lipinski definition) is 4. The van der Waals surface area contributed by atoms with Crippen LogP contribution < -0.4 is 15.6 Å². The number of nitrogens with zero attached hydrogens (tertiary/aromatic N) is 3. The van der Waals surface area contributed by atoms with E-state index in [1.807, 2.05) is 0 Å². The fourth-order valence-corrected chi connectivity index (χ4v) is 3.93. The smallest absolute Gasteiger partial charge is 0.277 e. The van der Waals surface area contributed by atoms with Crippen LogP contribution in [-0.4, -0.2) is 27.2 Å². The average Bonchev–Trinajstić information content (AvgIpc) is 3.02. The van der Waals surface area contributed by atoms with E-state index >= 15 is 0 Å². The Labute approximate surface area is 166 Å². The largest absolute Gasteiger partial charge is 0.495 e. The minimum atomic E-state index is -0.311. The first-order valence-electron chi connectivity index (χ1n) is 9.19. The van der Waals surface area contributed by atoms with Gasteiger partial charge >= 0.3 is 0 Å². The Morgan fingerprint density at radius 1 is 1.39 bits per heavy atom. The molecule has 1 amide bonds. The van der Waals surface area contributed by atoms with Gasteiger partial charge in [-0.05, 0) is 43.4 Å². The molecule has 3 aromatic rings. The van der Waals surface area contributed by atoms with E-state index in [9.17, 15) is 9.59 Å². The molecule has 1 N–H and O–H groups in total. The minimum absolute atomic E-state index is 0.0888. The second-order valence-corrected chi connectivity index (χ2v) is 7.60. The van der Waals surface area contributed by atoms with Crippen molar-refractivity contribution in [2.45, 2.75) is 32.7 Å². The Bertz CT molecular complexity index is 1120. The summed E-state index contributed by atoms with van der Waals surface area (Å²) in [4.78, 5) is 25.4. The number of aromatic nitrogens is 3. The number of ether oxygens (including phenoxy) is 1. The van der Waals surface area contributed by atoms with Crippen LogP contribution in [0.15, 0.2) is 35.4 Å². The van der Waals surface area contributed by atoms with E-state index in [4.69, 9.17) is 16.3 Å². The number of halogens is 1. The Kier molecular flexibility index (Phi) is 4.85. The Morgan fingerprint density at radius 2 is 2.21 bits per heavy atom. The number of hydrogen-bond donors (Lipinski definition) is 1. The summed E-state index contributed by atoms with van der Waals surface area (Å²) in [5.74, 6) is 0.743. The van der Waals surface area contributed by atoms with Crippen molar-refractivity contribution in [2.75, 3.05) is 12.4 Å². The number of fused-ring (bicyclic) bond motifs is 3. The van der Waals surface area contributed by atoms with E-state index in [-0.39, 0.29) is 18.0 Å². The van der Waals surface area contributed by atoms with Crippen LogP contribution in [0.25, 0.3) is 5.52 Å². The Hall–Kier alpha value is -2.80. The van der Waals surface area contributed by atoms with Crippen molar-refractivity contribution in [3.63, 3.8) is 0 Å². The van der Waals surface area contributed by atoms with Gasteiger partial charge in [-0.25, -0.2) is 4.52 Å². The summed E-state index contributed by atoms with van der Waals surface area (Å²) in [7, 11) is 1.53. The monoisotopic (exact) mass is 400 g/mol. The number of anilines is 1. The SMILES string of the molecule is COc1ccc(NC(=O)Cn2ccn3nc4c(c3c2=O)CC(C)CC4)cc1Cl. The van der Waals surface area contributed by atoms with Gasteiger partial charge < -0.3 is 14.6 Å². The lowest BCUT2D eigenvalue weighted by molar-refractivity contribution is -0.116. The van der Waals surface area contributed by atoms with Crippen LogP contribution in [0, 0.1) is 5.92 Å². The molecule has 4 rings (SSSR count). The maximum Gasteiger partial charge on any atom is 0.277 e. The quantitative estimate of drug-likeness (QED) is 0.730. The third-order valence-corrected chi connectivity index (χ3v) is 5.41. The van der Waals surface area contributed by atoms with Crippen molar-refractivity contribution in [2.24, 2.45) is 5.92 Å². The molecule has 0 saturated heterocycles. The summed E-state index contributed by atoms with van der Waals surface area (Å²) >= 11 is 6.09. The molecule has 0 spiro atoms. The third-order valence-electron chi connectivity index (χ3n) is 5.12. The number of nitrogens with one attached hydrogen (secondary N) is 1. The standard InChI is InChI=1S/C20H21ClN4O3/c1-12-3-5-16-14(9-12)19-20(27)24(7-8-25(19)23-16)11-18(26)22-13-4-6-17(28-2)15(21)10-13/h4,6-8,10,12H,3,5,9,11H2,1-2H3,(H,22,26). The van der Waals surface area contributed by atoms with Gasteiger partial charge in [-0.3, -0.25) is 9.59 Å². The maximum atomic E-state index is 13.0. The molecule has 0 bridgehead atoms. The van der Waals surface area contributed by atoms with Gasteiger partial charge in [0, 0.05) is 23.6 Å². The molecule has 1 unspecified atom stereocenters. The van der Waals surface area contributed by atoms with Crippen molar-refractivity contribution in [3.05, 3.63) is 57.2 Å². The predicted octanol–water partition coefficient (Wildman–Crippen LogP) is 2.92. The molecule has 0 radical (unpaired) electrons. The molecule has 2 aromatic heterocycles. The van der Waals surface area contributed by atoms with Crippen molar-refractivity contribution in [3.8, 4) is 5.75 Å². The lowest BCUT2D eigenvalue weighted by Crippen LogP contribution is -2.28. The van der Waals surface area contributed by atoms with Gasteiger partial charge in [-0.15, -0.1) is 0 Å². The summed E-state index contributed by atoms with van der Waals surface area (Å²) in [5.41, 5.74) is 2.92. The van der Waals surface area contributed by atoms with Crippen LogP contribution in [0.4, 0.5) is 5.69 Å². The third kappa shape index (κ3) is 3.38. The fraction of sp³-hybridized carbons (Fsp3) is 0.350. The first-order valence-corrected chi connectivity index (χ1v) is 9.57. The zero-order valence-electron chi connectivity index (χ0n) is 15.7. The fourth-order valence-electron chi connectivity index (χ4n) is 3.67. The first kappa shape index (κ1) is 18.6. The van der Waals surface area contributed by atoms with E-state index in [1.165, 1.54) is 11.7 Å². The average molecular weight is 401 g/mol. The molecule has 1 aromatic carbocycles. The number of carbonyl (C=O) groups excluding carboxylic acids is 1. The molecular weight excluding hydrogens is 380 g/mol. The molecule has 146 valence electrons. The van der Waals surface area contributed by atoms with Crippen LogP contribution in [0.2, 0.25) is 5.02 Å². The summed E-state index contributed by atoms with van der Waals surface area (Å²) in [6.45, 7) is 2.09. The van der Waals surface area contributed by atoms with Gasteiger partial charge in [0.15, 0.2) is 0 Å². The van der Waals surface area contributed by atoms with E-state index < -0.39 is 0 Å². The summed E-state index contributed by atoms with van der Waals surface area (Å²) < 4.78 is 8.16. The van der Waals surface area contributed by atoms with Gasteiger partial charge in [0.1, 0.15) is 17.8 Å². The van der Waals surface area contributed by atoms with E-state index in [0.717, 1.165) is 30.5 Å². The number of carbonyl (C=O) groups is 1. The van der Waals surface area contributed by atoms with Crippen molar-refractivity contribution >= 4 is 28.7 Å². The van der Waals surface area contributed by atoms with E-state index in [1.54, 1.807) is 35.1 Å². The zero-order chi connectivity index (χ0) is 19.8. The van der Waals surface area contributed by atoms with Crippen molar-refractivity contribution in [1.29, 1.82) is 0 Å². The number of methoxy groups -OCH3 is 1. The van der Waals surface area contributed by atoms with Crippen LogP contribution in [0.3, 0.4) is 0 Å². The Balaban J connectivity index is 1.58. The second kappa shape index (κ2) is 7.31. The summed E-state index contributed by atoms with van der Waals surface area (Å²) in [5, 5.41) is 7.70. The summed E-state index contributed by atoms with van der Waals surface area (Å²) in [6.07, 6.45) is 6.14. The van der Waals surface area contributed by atoms with Gasteiger partial charge in [0.25, 0.3) is 5.56 Å². The predicted molar refractivity (Wildman–Crippen MR) is 107 cm³/mol. The lowest BCUT2D eigenvalue weighted by Gasteiger charge is -2.16. The van der Waals surface area contributed by atoms with Gasteiger partial charge in [0.05, 0.1) is 17.8 Å². The van der Waals surface area contributed by atoms with Gasteiger partial charge in [-0.1, -0.05) is 18.5 Å². The highest BCUT2D eigenvalue weighted by Gasteiger charge is 2.23. The molecule has 0 fully saturated rings. The molecule has 8 heteroatoms. The van der Waals surface area contributed by atoms with Crippen LogP contribution in [0.5, 0.6) is 5.75 Å². The van der Waals surface area contributed by atoms with Gasteiger partial charge in [-0.2, -0.15) is 5.10 Å². The molecule has 1 aliphatic carbocycles. The molecule has 1 atom stereocenters. The van der Waals surface area contributed by atoms with E-state index in [2.05, 4.69) is 17.3 Å². The molecule has 0 saturated carbocycles. The Morgan fingerprint density at radius 3 is 2.96 bits per heavy atom. The molecule has 28 heavy (non-hydrogen) atoms. The van der Waals surface area contributed by atoms with Crippen molar-refractivity contribution in [1.82, 2.24) is 14.2 Å². The van der Waals surface area contributed by atoms with Crippen molar-refractivity contribution < 1.29 is 9.53 Å². The van der Waals surface area contributed by atoms with E-state index in [0.29, 0.717) is 27.9 Å². The highest BCUT2D eigenvalue weighted by atomic mass is 35.5. The van der Waals surface area contributed by atoms with Crippen LogP contribution in [0.1, 0.15) is 24.6 Å². The molecule has 1 aliphatic rings. The maximum absolute atomic E-state index is 13.0. The first-order chi connectivity index (χ1) is 13.5. The second-order valence-electron chi connectivity index (χ2n) is 7.20. The lowest BCUT2D eigenvalue weighted by atomic mass is 9.88. The topological polar surface area (TPSA) is 77.6 Å². The van der Waals surface area contributed by atoms with Gasteiger partial charge in [0.2, 0.25) is 5.91 Å². The number of rotatable bonds is 4. The molecule has 2 heterocycles. The normalized spacial score (nSPS) is 16.0. The van der Waals surface area contributed by atoms with Crippen LogP contribution in [-0.2, 0) is 24.2 Å². The zero-order valence-corrected chi connectivity index (χ0v) is 16.5. The summed E-state index contributed by atoms with van der Waals surface area (Å²) in [6, 6.07) is 4.98. The molecule has 0 aliphatic heterocycles. The number of amides is 1. The number of benzene rings is 1.